The van der Waals surface area contributed by atoms with Crippen molar-refractivity contribution in [2.45, 2.75) is 65.4 Å². The number of hydrogen-bond donors (Lipinski definition) is 1. The Labute approximate surface area is 183 Å². The van der Waals surface area contributed by atoms with Crippen molar-refractivity contribution in [3.05, 3.63) is 0 Å². The number of hydrogen-bond acceptors (Lipinski definition) is 6. The molecule has 166 valence electrons. The lowest BCUT2D eigenvalue weighted by atomic mass is 10.1. The summed E-state index contributed by atoms with van der Waals surface area (Å²) >= 11 is 2.02. The van der Waals surface area contributed by atoms with Crippen molar-refractivity contribution < 1.29 is 28.5 Å². The molecule has 0 aliphatic carbocycles. The van der Waals surface area contributed by atoms with Crippen LogP contribution in [0.5, 0.6) is 0 Å². The van der Waals surface area contributed by atoms with Gasteiger partial charge in [0, 0.05) is 26.0 Å². The van der Waals surface area contributed by atoms with Crippen LogP contribution in [0.1, 0.15) is 59.3 Å². The first kappa shape index (κ1) is 27.5. The van der Waals surface area contributed by atoms with Gasteiger partial charge in [0.2, 0.25) is 11.8 Å². The van der Waals surface area contributed by atoms with E-state index in [-0.39, 0.29) is 31.5 Å². The third-order valence-corrected chi connectivity index (χ3v) is 4.69. The van der Waals surface area contributed by atoms with Crippen LogP contribution >= 0.6 is 22.9 Å². The molecule has 28 heavy (non-hydrogen) atoms. The Morgan fingerprint density at radius 2 is 1.64 bits per heavy atom. The third-order valence-electron chi connectivity index (χ3n) is 3.67. The molecular formula is C19H37IN2O6. The lowest BCUT2D eigenvalue weighted by molar-refractivity contribution is -0.126. The summed E-state index contributed by atoms with van der Waals surface area (Å²) in [5.74, 6) is 0.148. The van der Waals surface area contributed by atoms with Crippen molar-refractivity contribution in [3.8, 4) is 0 Å². The molecule has 0 saturated carbocycles. The molecule has 0 aromatic rings. The molecule has 0 radical (unpaired) electrons. The van der Waals surface area contributed by atoms with Gasteiger partial charge in [-0.05, 0) is 33.6 Å². The highest BCUT2D eigenvalue weighted by atomic mass is 127. The van der Waals surface area contributed by atoms with Gasteiger partial charge < -0.3 is 24.3 Å². The van der Waals surface area contributed by atoms with Crippen LogP contribution in [0.3, 0.4) is 0 Å². The lowest BCUT2D eigenvalue weighted by Gasteiger charge is -2.14. The summed E-state index contributed by atoms with van der Waals surface area (Å²) < 4.78 is 22.5. The zero-order chi connectivity index (χ0) is 21.0. The van der Waals surface area contributed by atoms with Gasteiger partial charge in [-0.1, -0.05) is 12.8 Å². The number of nitrogens with one attached hydrogen (secondary N) is 1. The van der Waals surface area contributed by atoms with E-state index in [0.29, 0.717) is 45.8 Å². The van der Waals surface area contributed by atoms with E-state index in [9.17, 15) is 9.59 Å². The summed E-state index contributed by atoms with van der Waals surface area (Å²) in [5, 5.41) is 2.83. The lowest BCUT2D eigenvalue weighted by Crippen LogP contribution is -2.27. The first-order valence-electron chi connectivity index (χ1n) is 10.0. The van der Waals surface area contributed by atoms with Crippen molar-refractivity contribution in [2.24, 2.45) is 0 Å². The van der Waals surface area contributed by atoms with Crippen molar-refractivity contribution in [3.63, 3.8) is 0 Å². The summed E-state index contributed by atoms with van der Waals surface area (Å²) in [6.45, 7) is 8.90. The van der Waals surface area contributed by atoms with Crippen molar-refractivity contribution in [1.29, 1.82) is 0 Å². The second kappa shape index (κ2) is 19.8. The van der Waals surface area contributed by atoms with Gasteiger partial charge in [-0.2, -0.15) is 0 Å². The highest BCUT2D eigenvalue weighted by Gasteiger charge is 2.09. The number of unbranched alkanes of at least 4 members (excludes halogenated alkanes) is 3. The Balaban J connectivity index is 3.44. The normalized spacial score (nSPS) is 11.0. The molecule has 0 rings (SSSR count). The average molecular weight is 516 g/mol. The topological polar surface area (TPSA) is 86.3 Å². The molecule has 0 saturated heterocycles. The van der Waals surface area contributed by atoms with Crippen molar-refractivity contribution >= 4 is 34.7 Å². The SMILES string of the molecule is CCOCOCCN(I)C(=O)CCCCCCC(=O)NCCOCOC(C)C. The van der Waals surface area contributed by atoms with Gasteiger partial charge in [-0.15, -0.1) is 0 Å². The maximum absolute atomic E-state index is 12.0. The van der Waals surface area contributed by atoms with Crippen molar-refractivity contribution in [2.75, 3.05) is 46.5 Å². The molecule has 0 aromatic carbocycles. The highest BCUT2D eigenvalue weighted by Crippen LogP contribution is 2.09. The molecule has 0 unspecified atom stereocenters. The van der Waals surface area contributed by atoms with E-state index in [2.05, 4.69) is 5.32 Å². The summed E-state index contributed by atoms with van der Waals surface area (Å²) in [6.07, 6.45) is 4.73. The Kier molecular flexibility index (Phi) is 19.5. The molecule has 1 N–H and O–H groups in total. The van der Waals surface area contributed by atoms with Crippen LogP contribution in [0, 0.1) is 0 Å². The standard InChI is InChI=1S/C19H37IN2O6/c1-4-25-15-27-14-12-22(20)19(24)10-8-6-5-7-9-18(23)21-11-13-26-16-28-17(2)3/h17H,4-16H2,1-3H3,(H,21,23). The fraction of sp³-hybridized carbons (Fsp3) is 0.895. The maximum atomic E-state index is 12.0. The molecule has 0 spiro atoms. The summed E-state index contributed by atoms with van der Waals surface area (Å²) in [5.41, 5.74) is 0. The van der Waals surface area contributed by atoms with E-state index in [1.165, 1.54) is 0 Å². The number of amides is 2. The number of ether oxygens (including phenoxy) is 4. The van der Waals surface area contributed by atoms with Crippen LogP contribution in [0.25, 0.3) is 0 Å². The largest absolute Gasteiger partial charge is 0.356 e. The number of carbonyl (C=O) groups excluding carboxylic acids is 2. The predicted octanol–water partition coefficient (Wildman–Crippen LogP) is 3.03. The quantitative estimate of drug-likeness (QED) is 0.123. The van der Waals surface area contributed by atoms with Crippen LogP contribution in [-0.4, -0.2) is 67.5 Å². The van der Waals surface area contributed by atoms with Crippen LogP contribution in [-0.2, 0) is 28.5 Å². The Morgan fingerprint density at radius 3 is 2.32 bits per heavy atom. The van der Waals surface area contributed by atoms with E-state index in [4.69, 9.17) is 18.9 Å². The van der Waals surface area contributed by atoms with Gasteiger partial charge in [0.25, 0.3) is 0 Å². The second-order valence-corrected chi connectivity index (χ2v) is 7.67. The average Bonchev–Trinajstić information content (AvgIpc) is 2.66. The van der Waals surface area contributed by atoms with E-state index in [1.807, 2.05) is 43.6 Å². The fourth-order valence-corrected chi connectivity index (χ4v) is 2.54. The van der Waals surface area contributed by atoms with Gasteiger partial charge in [0.05, 0.1) is 48.7 Å². The molecular weight excluding hydrogens is 479 g/mol. The Bertz CT molecular complexity index is 399. The second-order valence-electron chi connectivity index (χ2n) is 6.50. The minimum atomic E-state index is 0.0370. The van der Waals surface area contributed by atoms with E-state index in [0.717, 1.165) is 25.7 Å². The van der Waals surface area contributed by atoms with Crippen LogP contribution < -0.4 is 5.32 Å². The third kappa shape index (κ3) is 18.9. The molecule has 0 heterocycles. The van der Waals surface area contributed by atoms with Gasteiger partial charge in [-0.3, -0.25) is 12.7 Å². The van der Waals surface area contributed by atoms with Gasteiger partial charge in [0.1, 0.15) is 13.6 Å². The van der Waals surface area contributed by atoms with Gasteiger partial charge >= 0.3 is 0 Å². The minimum Gasteiger partial charge on any atom is -0.356 e. The predicted molar refractivity (Wildman–Crippen MR) is 116 cm³/mol. The van der Waals surface area contributed by atoms with Crippen LogP contribution in [0.4, 0.5) is 0 Å². The van der Waals surface area contributed by atoms with E-state index >= 15 is 0 Å². The zero-order valence-electron chi connectivity index (χ0n) is 17.5. The molecule has 2 amide bonds. The number of carbonyl (C=O) groups is 2. The van der Waals surface area contributed by atoms with Gasteiger partial charge in [-0.25, -0.2) is 0 Å². The number of rotatable bonds is 19. The monoisotopic (exact) mass is 516 g/mol. The molecule has 0 aliphatic rings. The van der Waals surface area contributed by atoms with Crippen LogP contribution in [0.15, 0.2) is 0 Å². The Hall–Kier alpha value is -0.490. The summed E-state index contributed by atoms with van der Waals surface area (Å²) in [7, 11) is 0. The Morgan fingerprint density at radius 1 is 0.964 bits per heavy atom. The molecule has 9 heteroatoms. The molecule has 0 aliphatic heterocycles. The minimum absolute atomic E-state index is 0.0370. The molecule has 0 atom stereocenters. The first-order valence-corrected chi connectivity index (χ1v) is 11.0. The van der Waals surface area contributed by atoms with E-state index < -0.39 is 0 Å². The highest BCUT2D eigenvalue weighted by molar-refractivity contribution is 14.1. The molecule has 8 nitrogen and oxygen atoms in total. The van der Waals surface area contributed by atoms with Gasteiger partial charge in [0.15, 0.2) is 0 Å². The zero-order valence-corrected chi connectivity index (χ0v) is 19.7. The van der Waals surface area contributed by atoms with E-state index in [1.54, 1.807) is 3.11 Å². The number of nitrogens with zero attached hydrogens (tertiary/aromatic N) is 1. The smallest absolute Gasteiger partial charge is 0.231 e. The molecule has 0 fully saturated rings. The molecule has 0 bridgehead atoms. The fourth-order valence-electron chi connectivity index (χ4n) is 2.10. The summed E-state index contributed by atoms with van der Waals surface area (Å²) in [4.78, 5) is 23.7. The number of halogens is 1. The van der Waals surface area contributed by atoms with Crippen LogP contribution in [0.2, 0.25) is 0 Å². The van der Waals surface area contributed by atoms with Crippen molar-refractivity contribution in [1.82, 2.24) is 8.43 Å². The first-order chi connectivity index (χ1) is 13.5. The molecule has 0 aromatic heterocycles. The maximum Gasteiger partial charge on any atom is 0.231 e. The summed E-state index contributed by atoms with van der Waals surface area (Å²) in [6, 6.07) is 0.